The molecule has 0 aliphatic heterocycles. The number of aromatic nitrogens is 2. The van der Waals surface area contributed by atoms with Gasteiger partial charge in [0.1, 0.15) is 5.69 Å². The number of benzene rings is 2. The fourth-order valence-corrected chi connectivity index (χ4v) is 2.87. The molecule has 1 N–H and O–H groups in total. The normalized spacial score (nSPS) is 11.0. The molecule has 1 heterocycles. The van der Waals surface area contributed by atoms with Crippen LogP contribution in [-0.4, -0.2) is 47.8 Å². The van der Waals surface area contributed by atoms with E-state index >= 15 is 0 Å². The predicted octanol–water partition coefficient (Wildman–Crippen LogP) is 3.54. The summed E-state index contributed by atoms with van der Waals surface area (Å²) in [4.78, 5) is 14.8. The van der Waals surface area contributed by atoms with Gasteiger partial charge in [0.05, 0.1) is 12.1 Å². The molecule has 3 rings (SSSR count). The highest BCUT2D eigenvalue weighted by Gasteiger charge is 2.18. The van der Waals surface area contributed by atoms with Gasteiger partial charge in [-0.1, -0.05) is 54.1 Å². The van der Waals surface area contributed by atoms with Gasteiger partial charge in [-0.2, -0.15) is 5.10 Å². The number of amides is 1. The highest BCUT2D eigenvalue weighted by molar-refractivity contribution is 6.30. The van der Waals surface area contributed by atoms with Crippen LogP contribution in [0.15, 0.2) is 60.8 Å². The van der Waals surface area contributed by atoms with Crippen LogP contribution in [0.25, 0.3) is 11.3 Å². The first-order chi connectivity index (χ1) is 13.0. The van der Waals surface area contributed by atoms with E-state index < -0.39 is 0 Å². The number of hydrogen-bond acceptors (Lipinski definition) is 3. The van der Waals surface area contributed by atoms with E-state index in [-0.39, 0.29) is 5.91 Å². The molecule has 3 aromatic rings. The smallest absolute Gasteiger partial charge is 0.255 e. The van der Waals surface area contributed by atoms with Gasteiger partial charge in [0.25, 0.3) is 5.91 Å². The number of hydrogen-bond donors (Lipinski definition) is 1. The van der Waals surface area contributed by atoms with E-state index in [1.807, 2.05) is 67.7 Å². The van der Waals surface area contributed by atoms with Crippen LogP contribution in [0, 0.1) is 0 Å². The van der Waals surface area contributed by atoms with Crippen LogP contribution in [0.3, 0.4) is 0 Å². The highest BCUT2D eigenvalue weighted by atomic mass is 35.5. The molecule has 0 fully saturated rings. The molecular formula is C21H23ClN4O. The first-order valence-corrected chi connectivity index (χ1v) is 9.21. The van der Waals surface area contributed by atoms with Crippen LogP contribution in [0.4, 0.5) is 0 Å². The van der Waals surface area contributed by atoms with Crippen molar-refractivity contribution in [1.29, 1.82) is 0 Å². The Hall–Kier alpha value is -2.63. The van der Waals surface area contributed by atoms with Crippen molar-refractivity contribution in [2.24, 2.45) is 0 Å². The van der Waals surface area contributed by atoms with Crippen molar-refractivity contribution in [3.8, 4) is 11.3 Å². The summed E-state index contributed by atoms with van der Waals surface area (Å²) in [6.45, 7) is 1.96. The van der Waals surface area contributed by atoms with E-state index in [4.69, 9.17) is 11.6 Å². The maximum Gasteiger partial charge on any atom is 0.255 e. The average Bonchev–Trinajstić information content (AvgIpc) is 3.06. The molecule has 0 spiro atoms. The molecule has 0 atom stereocenters. The zero-order valence-electron chi connectivity index (χ0n) is 15.5. The van der Waals surface area contributed by atoms with Gasteiger partial charge in [0.15, 0.2) is 0 Å². The Morgan fingerprint density at radius 1 is 1.11 bits per heavy atom. The van der Waals surface area contributed by atoms with Crippen molar-refractivity contribution >= 4 is 17.5 Å². The predicted molar refractivity (Wildman–Crippen MR) is 109 cm³/mol. The molecule has 0 saturated heterocycles. The molecule has 1 amide bonds. The summed E-state index contributed by atoms with van der Waals surface area (Å²) in [5.41, 5.74) is 3.21. The van der Waals surface area contributed by atoms with E-state index in [9.17, 15) is 4.79 Å². The Kier molecular flexibility index (Phi) is 6.27. The summed E-state index contributed by atoms with van der Waals surface area (Å²) < 4.78 is 1.81. The van der Waals surface area contributed by atoms with Gasteiger partial charge in [0.2, 0.25) is 0 Å². The molecule has 140 valence electrons. The topological polar surface area (TPSA) is 50.2 Å². The summed E-state index contributed by atoms with van der Waals surface area (Å²) >= 11 is 6.00. The largest absolute Gasteiger partial charge is 0.351 e. The van der Waals surface area contributed by atoms with Gasteiger partial charge >= 0.3 is 0 Å². The summed E-state index contributed by atoms with van der Waals surface area (Å²) in [5.74, 6) is -0.124. The standard InChI is InChI=1S/C21H23ClN4O/c1-25(2)13-12-23-21(27)19-15-26(14-16-6-4-3-5-7-16)24-20(19)17-8-10-18(22)11-9-17/h3-11,15H,12-14H2,1-2H3,(H,23,27). The fraction of sp³-hybridized carbons (Fsp3) is 0.238. The maximum absolute atomic E-state index is 12.7. The van der Waals surface area contributed by atoms with Gasteiger partial charge in [-0.15, -0.1) is 0 Å². The Morgan fingerprint density at radius 3 is 2.48 bits per heavy atom. The van der Waals surface area contributed by atoms with Crippen LogP contribution in [0.5, 0.6) is 0 Å². The average molecular weight is 383 g/mol. The van der Waals surface area contributed by atoms with E-state index in [0.717, 1.165) is 17.7 Å². The molecule has 0 radical (unpaired) electrons. The minimum absolute atomic E-state index is 0.124. The molecule has 27 heavy (non-hydrogen) atoms. The number of halogens is 1. The number of rotatable bonds is 7. The Labute approximate surface area is 164 Å². The molecule has 0 saturated carbocycles. The van der Waals surface area contributed by atoms with Crippen molar-refractivity contribution in [2.75, 3.05) is 27.2 Å². The zero-order valence-corrected chi connectivity index (χ0v) is 16.3. The van der Waals surface area contributed by atoms with Gasteiger partial charge in [0, 0.05) is 29.9 Å². The third-order valence-corrected chi connectivity index (χ3v) is 4.41. The molecule has 6 heteroatoms. The number of carbonyl (C=O) groups is 1. The first-order valence-electron chi connectivity index (χ1n) is 8.83. The summed E-state index contributed by atoms with van der Waals surface area (Å²) in [7, 11) is 3.95. The van der Waals surface area contributed by atoms with Crippen molar-refractivity contribution in [3.05, 3.63) is 76.9 Å². The zero-order chi connectivity index (χ0) is 19.2. The second kappa shape index (κ2) is 8.84. The molecule has 2 aromatic carbocycles. The molecule has 0 bridgehead atoms. The molecular weight excluding hydrogens is 360 g/mol. The maximum atomic E-state index is 12.7. The van der Waals surface area contributed by atoms with Crippen LogP contribution >= 0.6 is 11.6 Å². The third kappa shape index (κ3) is 5.18. The summed E-state index contributed by atoms with van der Waals surface area (Å²) in [6.07, 6.45) is 1.81. The van der Waals surface area contributed by atoms with Gasteiger partial charge < -0.3 is 10.2 Å². The van der Waals surface area contributed by atoms with Crippen LogP contribution in [0.1, 0.15) is 15.9 Å². The Balaban J connectivity index is 1.89. The monoisotopic (exact) mass is 382 g/mol. The third-order valence-electron chi connectivity index (χ3n) is 4.16. The number of likely N-dealkylation sites (N-methyl/N-ethyl adjacent to an activating group) is 1. The molecule has 5 nitrogen and oxygen atoms in total. The molecule has 0 unspecified atom stereocenters. The summed E-state index contributed by atoms with van der Waals surface area (Å²) in [5, 5.41) is 8.29. The summed E-state index contributed by atoms with van der Waals surface area (Å²) in [6, 6.07) is 17.4. The second-order valence-corrected chi connectivity index (χ2v) is 7.08. The lowest BCUT2D eigenvalue weighted by atomic mass is 10.1. The minimum atomic E-state index is -0.124. The lowest BCUT2D eigenvalue weighted by Gasteiger charge is -2.10. The molecule has 1 aromatic heterocycles. The van der Waals surface area contributed by atoms with Crippen molar-refractivity contribution < 1.29 is 4.79 Å². The van der Waals surface area contributed by atoms with E-state index in [1.54, 1.807) is 16.8 Å². The van der Waals surface area contributed by atoms with Gasteiger partial charge in [-0.05, 0) is 31.8 Å². The van der Waals surface area contributed by atoms with Crippen molar-refractivity contribution in [3.63, 3.8) is 0 Å². The van der Waals surface area contributed by atoms with E-state index in [1.165, 1.54) is 0 Å². The Morgan fingerprint density at radius 2 is 1.81 bits per heavy atom. The minimum Gasteiger partial charge on any atom is -0.351 e. The van der Waals surface area contributed by atoms with Gasteiger partial charge in [-0.25, -0.2) is 0 Å². The number of nitrogens with one attached hydrogen (secondary N) is 1. The lowest BCUT2D eigenvalue weighted by Crippen LogP contribution is -2.31. The first kappa shape index (κ1) is 19.1. The SMILES string of the molecule is CN(C)CCNC(=O)c1cn(Cc2ccccc2)nc1-c1ccc(Cl)cc1. The molecule has 0 aliphatic rings. The van der Waals surface area contributed by atoms with Crippen LogP contribution < -0.4 is 5.32 Å². The molecule has 0 aliphatic carbocycles. The van der Waals surface area contributed by atoms with Crippen LogP contribution in [-0.2, 0) is 6.54 Å². The van der Waals surface area contributed by atoms with E-state index in [0.29, 0.717) is 29.4 Å². The van der Waals surface area contributed by atoms with E-state index in [2.05, 4.69) is 10.4 Å². The fourth-order valence-electron chi connectivity index (χ4n) is 2.75. The highest BCUT2D eigenvalue weighted by Crippen LogP contribution is 2.24. The van der Waals surface area contributed by atoms with Crippen molar-refractivity contribution in [2.45, 2.75) is 6.54 Å². The number of carbonyl (C=O) groups excluding carboxylic acids is 1. The van der Waals surface area contributed by atoms with Gasteiger partial charge in [-0.3, -0.25) is 9.48 Å². The lowest BCUT2D eigenvalue weighted by molar-refractivity contribution is 0.0951. The second-order valence-electron chi connectivity index (χ2n) is 6.64. The van der Waals surface area contributed by atoms with Crippen LogP contribution in [0.2, 0.25) is 5.02 Å². The quantitative estimate of drug-likeness (QED) is 0.680. The van der Waals surface area contributed by atoms with Crippen molar-refractivity contribution in [1.82, 2.24) is 20.0 Å². The Bertz CT molecular complexity index is 888. The number of nitrogens with zero attached hydrogens (tertiary/aromatic N) is 3.